The molecule has 2 amide bonds. The van der Waals surface area contributed by atoms with E-state index in [0.29, 0.717) is 46.9 Å². The normalized spacial score (nSPS) is 19.3. The molecule has 0 aliphatic heterocycles. The summed E-state index contributed by atoms with van der Waals surface area (Å²) in [6.45, 7) is 9.47. The number of ketones is 4. The number of benzene rings is 2. The predicted octanol–water partition coefficient (Wildman–Crippen LogP) is 9.76. The molecule has 2 aromatic carbocycles. The minimum atomic E-state index is -1.23. The molecule has 2 saturated carbocycles. The molecular formula is C46H61Cl3N2O12. The fourth-order valence-electron chi connectivity index (χ4n) is 7.87. The molecule has 0 heterocycles. The van der Waals surface area contributed by atoms with Crippen molar-refractivity contribution in [1.82, 2.24) is 9.80 Å². The molecule has 17 heteroatoms. The standard InChI is InChI=1S/C23H30ClNO6.C15H17Cl2NO3.C8H14O3/c1-15(2)17(13-16(3)26)21(28)30-14-31-22(29)25(4)23(12-8-7-11-20(23)27)18-9-5-6-10-19(18)24;1-18(14(20)21-10-16)15(9-5-4-8-13(15)19)11-6-2-3-7-12(11)17;1-5(2)7(8(10)11)4-6(3)9/h5-6,9-10,15,17H,7-8,11-14H2,1-4H3;2-3,6-7H,4-5,8-10H2,1H3;5,7H,4H2,1-3H3,(H,10,11)/t17-,23-;15-;7-/m000/s1. The third kappa shape index (κ3) is 14.5. The number of carboxylic acids is 1. The van der Waals surface area contributed by atoms with Crippen LogP contribution in [0.4, 0.5) is 9.59 Å². The first-order chi connectivity index (χ1) is 29.6. The minimum Gasteiger partial charge on any atom is -0.481 e. The maximum Gasteiger partial charge on any atom is 0.413 e. The van der Waals surface area contributed by atoms with Crippen molar-refractivity contribution >= 4 is 82.1 Å². The fourth-order valence-corrected chi connectivity index (χ4v) is 8.55. The van der Waals surface area contributed by atoms with Gasteiger partial charge in [0, 0.05) is 61.0 Å². The van der Waals surface area contributed by atoms with Crippen LogP contribution >= 0.6 is 34.8 Å². The average molecular weight is 940 g/mol. The van der Waals surface area contributed by atoms with E-state index in [1.165, 1.54) is 30.7 Å². The zero-order chi connectivity index (χ0) is 47.7. The van der Waals surface area contributed by atoms with Crippen LogP contribution in [0.2, 0.25) is 10.0 Å². The predicted molar refractivity (Wildman–Crippen MR) is 238 cm³/mol. The van der Waals surface area contributed by atoms with E-state index in [1.54, 1.807) is 49.5 Å². The summed E-state index contributed by atoms with van der Waals surface area (Å²) in [6, 6.07) is 13.8. The van der Waals surface area contributed by atoms with E-state index >= 15 is 0 Å². The van der Waals surface area contributed by atoms with Crippen molar-refractivity contribution in [3.8, 4) is 0 Å². The smallest absolute Gasteiger partial charge is 0.413 e. The van der Waals surface area contributed by atoms with Crippen molar-refractivity contribution in [2.24, 2.45) is 23.7 Å². The maximum absolute atomic E-state index is 13.0. The Labute approximate surface area is 385 Å². The summed E-state index contributed by atoms with van der Waals surface area (Å²) < 4.78 is 15.1. The van der Waals surface area contributed by atoms with Crippen molar-refractivity contribution in [3.05, 3.63) is 69.7 Å². The highest BCUT2D eigenvalue weighted by Crippen LogP contribution is 2.44. The molecule has 4 rings (SSSR count). The number of carbonyl (C=O) groups is 8. The van der Waals surface area contributed by atoms with E-state index in [2.05, 4.69) is 0 Å². The summed E-state index contributed by atoms with van der Waals surface area (Å²) in [5, 5.41) is 9.51. The number of amides is 2. The number of alkyl halides is 1. The second kappa shape index (κ2) is 25.7. The van der Waals surface area contributed by atoms with Gasteiger partial charge in [-0.15, -0.1) is 0 Å². The molecule has 348 valence electrons. The molecule has 2 aromatic rings. The van der Waals surface area contributed by atoms with Crippen LogP contribution in [0.1, 0.15) is 117 Å². The van der Waals surface area contributed by atoms with Gasteiger partial charge in [0.15, 0.2) is 17.6 Å². The first-order valence-corrected chi connectivity index (χ1v) is 22.2. The fraction of sp³-hybridized carbons (Fsp3) is 0.565. The highest BCUT2D eigenvalue weighted by molar-refractivity contribution is 6.32. The van der Waals surface area contributed by atoms with Crippen molar-refractivity contribution in [1.29, 1.82) is 0 Å². The number of carbonyl (C=O) groups excluding carboxylic acids is 7. The van der Waals surface area contributed by atoms with Crippen LogP contribution in [0, 0.1) is 23.7 Å². The van der Waals surface area contributed by atoms with Crippen LogP contribution in [0.5, 0.6) is 0 Å². The molecule has 0 aromatic heterocycles. The Hall–Kier alpha value is -4.53. The van der Waals surface area contributed by atoms with Gasteiger partial charge in [-0.05, 0) is 76.3 Å². The Bertz CT molecular complexity index is 1940. The van der Waals surface area contributed by atoms with Crippen LogP contribution in [0.15, 0.2) is 48.5 Å². The molecule has 63 heavy (non-hydrogen) atoms. The Morgan fingerprint density at radius 2 is 1.05 bits per heavy atom. The van der Waals surface area contributed by atoms with Gasteiger partial charge in [-0.3, -0.25) is 29.0 Å². The average Bonchev–Trinajstić information content (AvgIpc) is 3.22. The van der Waals surface area contributed by atoms with Crippen LogP contribution < -0.4 is 0 Å². The molecule has 2 aliphatic carbocycles. The van der Waals surface area contributed by atoms with Gasteiger partial charge in [0.1, 0.15) is 22.6 Å². The van der Waals surface area contributed by atoms with Crippen molar-refractivity contribution in [3.63, 3.8) is 0 Å². The number of hydrogen-bond donors (Lipinski definition) is 1. The first-order valence-electron chi connectivity index (χ1n) is 20.9. The number of likely N-dealkylation sites (N-methyl/N-ethyl adjacent to an activating group) is 2. The molecule has 0 spiro atoms. The lowest BCUT2D eigenvalue weighted by atomic mass is 9.74. The summed E-state index contributed by atoms with van der Waals surface area (Å²) in [5.74, 6) is -2.99. The monoisotopic (exact) mass is 938 g/mol. The van der Waals surface area contributed by atoms with Crippen LogP contribution in [0.3, 0.4) is 0 Å². The lowest BCUT2D eigenvalue weighted by Gasteiger charge is -2.43. The molecule has 0 saturated heterocycles. The number of rotatable bonds is 15. The van der Waals surface area contributed by atoms with Crippen molar-refractivity contribution < 1.29 is 57.7 Å². The number of halogens is 3. The van der Waals surface area contributed by atoms with Crippen LogP contribution in [0.25, 0.3) is 0 Å². The van der Waals surface area contributed by atoms with Crippen LogP contribution in [-0.4, -0.2) is 89.1 Å². The molecule has 14 nitrogen and oxygen atoms in total. The lowest BCUT2D eigenvalue weighted by Crippen LogP contribution is -2.54. The number of ether oxygens (including phenoxy) is 3. The van der Waals surface area contributed by atoms with Gasteiger partial charge in [0.05, 0.1) is 11.8 Å². The molecule has 1 N–H and O–H groups in total. The zero-order valence-electron chi connectivity index (χ0n) is 37.4. The molecule has 0 radical (unpaired) electrons. The lowest BCUT2D eigenvalue weighted by molar-refractivity contribution is -0.161. The van der Waals surface area contributed by atoms with E-state index < -0.39 is 53.8 Å². The Morgan fingerprint density at radius 3 is 1.38 bits per heavy atom. The quantitative estimate of drug-likeness (QED) is 0.101. The second-order valence-electron chi connectivity index (χ2n) is 16.4. The highest BCUT2D eigenvalue weighted by atomic mass is 35.5. The SMILES string of the molecule is CC(=O)C[C@H](C(=O)O)C(C)C.CC(=O)C[C@H](C(=O)OCOC(=O)N(C)[C@]1(c2ccccc2Cl)CCCCC1=O)C(C)C.CN(C(=O)OCCl)[C@]1(c2ccccc2Cl)CCCCC1=O. The molecule has 2 aliphatic rings. The molecule has 4 atom stereocenters. The van der Waals surface area contributed by atoms with Gasteiger partial charge in [0.2, 0.25) is 6.79 Å². The first kappa shape index (κ1) is 54.6. The van der Waals surface area contributed by atoms with Gasteiger partial charge in [0.25, 0.3) is 0 Å². The van der Waals surface area contributed by atoms with Crippen LogP contribution in [-0.2, 0) is 54.1 Å². The number of aliphatic carboxylic acids is 1. The summed E-state index contributed by atoms with van der Waals surface area (Å²) in [4.78, 5) is 98.0. The highest BCUT2D eigenvalue weighted by Gasteiger charge is 2.50. The Morgan fingerprint density at radius 1 is 0.651 bits per heavy atom. The van der Waals surface area contributed by atoms with Gasteiger partial charge in [-0.25, -0.2) is 9.59 Å². The van der Waals surface area contributed by atoms with E-state index in [1.807, 2.05) is 33.8 Å². The maximum atomic E-state index is 13.0. The van der Waals surface area contributed by atoms with Gasteiger partial charge in [-0.1, -0.05) is 98.9 Å². The van der Waals surface area contributed by atoms with Gasteiger partial charge in [-0.2, -0.15) is 0 Å². The van der Waals surface area contributed by atoms with E-state index in [9.17, 15) is 38.4 Å². The number of Topliss-reactive ketones (excluding diaryl/α,β-unsaturated/α-hetero) is 4. The summed E-state index contributed by atoms with van der Waals surface area (Å²) in [5.41, 5.74) is -1.10. The number of nitrogens with zero attached hydrogens (tertiary/aromatic N) is 2. The molecule has 0 bridgehead atoms. The third-order valence-electron chi connectivity index (χ3n) is 11.4. The van der Waals surface area contributed by atoms with Crippen molar-refractivity contribution in [2.75, 3.05) is 27.0 Å². The summed E-state index contributed by atoms with van der Waals surface area (Å²) >= 11 is 18.1. The molecule has 0 unspecified atom stereocenters. The zero-order valence-corrected chi connectivity index (χ0v) is 39.6. The van der Waals surface area contributed by atoms with Gasteiger partial charge < -0.3 is 28.9 Å². The van der Waals surface area contributed by atoms with E-state index in [0.717, 1.165) is 25.7 Å². The molecule has 2 fully saturated rings. The number of carboxylic acid groups (broad SMARTS) is 1. The van der Waals surface area contributed by atoms with E-state index in [4.69, 9.17) is 54.1 Å². The topological polar surface area (TPSA) is 191 Å². The van der Waals surface area contributed by atoms with E-state index in [-0.39, 0.29) is 53.9 Å². The van der Waals surface area contributed by atoms with Crippen molar-refractivity contribution in [2.45, 2.75) is 117 Å². The van der Waals surface area contributed by atoms with Gasteiger partial charge >= 0.3 is 24.1 Å². The number of hydrogen-bond acceptors (Lipinski definition) is 11. The Balaban J connectivity index is 0.000000366. The largest absolute Gasteiger partial charge is 0.481 e. The number of esters is 1. The second-order valence-corrected chi connectivity index (χ2v) is 17.5. The minimum absolute atomic E-state index is 0.0177. The summed E-state index contributed by atoms with van der Waals surface area (Å²) in [7, 11) is 3.05. The Kier molecular flexibility index (Phi) is 22.3. The summed E-state index contributed by atoms with van der Waals surface area (Å²) in [6.07, 6.45) is 3.67. The molecular weight excluding hydrogens is 879 g/mol. The third-order valence-corrected chi connectivity index (χ3v) is 12.2.